The number of hydrogen-bond donors (Lipinski definition) is 2. The number of thiocarbonyl (C=S) groups is 1. The summed E-state index contributed by atoms with van der Waals surface area (Å²) in [6.07, 6.45) is -6.17. The second kappa shape index (κ2) is 7.96. The van der Waals surface area contributed by atoms with Crippen LogP contribution in [-0.4, -0.2) is 27.8 Å². The van der Waals surface area contributed by atoms with Gasteiger partial charge in [0.2, 0.25) is 0 Å². The third kappa shape index (κ3) is 3.94. The summed E-state index contributed by atoms with van der Waals surface area (Å²) >= 11 is 11.4. The Labute approximate surface area is 190 Å². The normalized spacial score (nSPS) is 15.7. The van der Waals surface area contributed by atoms with Crippen LogP contribution in [-0.2, 0) is 11.0 Å². The highest BCUT2D eigenvalue weighted by molar-refractivity contribution is 7.81. The number of carbonyl (C=O) groups is 2. The first-order valence-electron chi connectivity index (χ1n) is 8.88. The van der Waals surface area contributed by atoms with E-state index in [9.17, 15) is 22.8 Å². The quantitative estimate of drug-likeness (QED) is 0.581. The number of nitriles is 1. The minimum atomic E-state index is -4.81. The highest BCUT2D eigenvalue weighted by Gasteiger charge is 2.50. The predicted octanol–water partition coefficient (Wildman–Crippen LogP) is 5.24. The fourth-order valence-electron chi connectivity index (χ4n) is 3.32. The van der Waals surface area contributed by atoms with Crippen LogP contribution in [0.4, 0.5) is 35.0 Å². The number of benzene rings is 2. The van der Waals surface area contributed by atoms with Crippen molar-refractivity contribution in [3.63, 3.8) is 0 Å². The van der Waals surface area contributed by atoms with Gasteiger partial charge >= 0.3 is 12.3 Å². The first-order chi connectivity index (χ1) is 14.8. The second-order valence-electron chi connectivity index (χ2n) is 7.25. The molecule has 12 heteroatoms. The van der Waals surface area contributed by atoms with Crippen LogP contribution in [0.3, 0.4) is 0 Å². The number of hydrogen-bond acceptors (Lipinski definition) is 4. The van der Waals surface area contributed by atoms with Gasteiger partial charge in [0.15, 0.2) is 5.11 Å². The summed E-state index contributed by atoms with van der Waals surface area (Å²) in [6.45, 7) is 3.05. The van der Waals surface area contributed by atoms with E-state index in [0.29, 0.717) is 11.8 Å². The van der Waals surface area contributed by atoms with Gasteiger partial charge in [0.25, 0.3) is 5.91 Å². The Morgan fingerprint density at radius 1 is 1.22 bits per heavy atom. The summed E-state index contributed by atoms with van der Waals surface area (Å²) in [5.41, 5.74) is -2.91. The number of alkyl halides is 3. The number of carboxylic acid groups (broad SMARTS) is 1. The van der Waals surface area contributed by atoms with Crippen LogP contribution < -0.4 is 15.1 Å². The minimum Gasteiger partial charge on any atom is -0.465 e. The molecule has 0 aliphatic carbocycles. The van der Waals surface area contributed by atoms with Gasteiger partial charge in [-0.15, -0.1) is 0 Å². The molecule has 2 aromatic carbocycles. The summed E-state index contributed by atoms with van der Waals surface area (Å²) in [7, 11) is 0. The molecule has 1 fully saturated rings. The van der Waals surface area contributed by atoms with E-state index < -0.39 is 34.8 Å². The van der Waals surface area contributed by atoms with Crippen molar-refractivity contribution < 1.29 is 27.9 Å². The molecule has 2 aromatic rings. The molecule has 1 heterocycles. The minimum absolute atomic E-state index is 0.0406. The van der Waals surface area contributed by atoms with E-state index in [1.54, 1.807) is 0 Å². The number of halogens is 4. The van der Waals surface area contributed by atoms with Crippen LogP contribution >= 0.6 is 23.8 Å². The average Bonchev–Trinajstić information content (AvgIpc) is 2.86. The maximum Gasteiger partial charge on any atom is 0.417 e. The van der Waals surface area contributed by atoms with Crippen molar-refractivity contribution in [2.45, 2.75) is 25.6 Å². The van der Waals surface area contributed by atoms with E-state index >= 15 is 0 Å². The lowest BCUT2D eigenvalue weighted by molar-refractivity contribution is -0.137. The zero-order valence-electron chi connectivity index (χ0n) is 16.5. The number of amides is 2. The van der Waals surface area contributed by atoms with E-state index in [4.69, 9.17) is 34.2 Å². The Kier molecular flexibility index (Phi) is 5.80. The smallest absolute Gasteiger partial charge is 0.417 e. The van der Waals surface area contributed by atoms with Gasteiger partial charge in [-0.2, -0.15) is 18.4 Å². The standard InChI is InChI=1S/C20H14ClF3N4O3S/c1-19(2)16(29)27(11-4-3-10(9-25)13(7-11)20(22,23)24)18(32)28(19)12-5-6-14(21)15(8-12)26-17(30)31/h3-8,26H,1-2H3,(H,30,31). The molecular weight excluding hydrogens is 469 g/mol. The van der Waals surface area contributed by atoms with Gasteiger partial charge in [-0.1, -0.05) is 11.6 Å². The molecule has 1 saturated heterocycles. The maximum atomic E-state index is 13.4. The molecule has 32 heavy (non-hydrogen) atoms. The van der Waals surface area contributed by atoms with Gasteiger partial charge in [0, 0.05) is 5.69 Å². The van der Waals surface area contributed by atoms with Gasteiger partial charge in [0.05, 0.1) is 33.6 Å². The molecule has 0 spiro atoms. The molecule has 2 amide bonds. The monoisotopic (exact) mass is 482 g/mol. The van der Waals surface area contributed by atoms with E-state index in [2.05, 4.69) is 5.32 Å². The van der Waals surface area contributed by atoms with E-state index in [-0.39, 0.29) is 21.5 Å². The molecule has 3 rings (SSSR count). The molecule has 0 aromatic heterocycles. The van der Waals surface area contributed by atoms with E-state index in [1.165, 1.54) is 49.1 Å². The van der Waals surface area contributed by atoms with Crippen LogP contribution in [0.5, 0.6) is 0 Å². The summed E-state index contributed by atoms with van der Waals surface area (Å²) in [4.78, 5) is 26.5. The fourth-order valence-corrected chi connectivity index (χ4v) is 4.01. The lowest BCUT2D eigenvalue weighted by Gasteiger charge is -2.29. The first kappa shape index (κ1) is 23.3. The van der Waals surface area contributed by atoms with Crippen LogP contribution in [0, 0.1) is 11.3 Å². The highest BCUT2D eigenvalue weighted by atomic mass is 35.5. The van der Waals surface area contributed by atoms with Crippen molar-refractivity contribution in [3.05, 3.63) is 52.5 Å². The molecule has 166 valence electrons. The Morgan fingerprint density at radius 3 is 2.41 bits per heavy atom. The van der Waals surface area contributed by atoms with Crippen LogP contribution in [0.2, 0.25) is 5.02 Å². The lowest BCUT2D eigenvalue weighted by atomic mass is 10.0. The van der Waals surface area contributed by atoms with Gasteiger partial charge in [-0.05, 0) is 62.5 Å². The van der Waals surface area contributed by atoms with Crippen molar-refractivity contribution in [3.8, 4) is 6.07 Å². The van der Waals surface area contributed by atoms with Crippen LogP contribution in [0.1, 0.15) is 25.0 Å². The van der Waals surface area contributed by atoms with E-state index in [0.717, 1.165) is 11.0 Å². The highest BCUT2D eigenvalue weighted by Crippen LogP contribution is 2.40. The number of nitrogens with one attached hydrogen (secondary N) is 1. The zero-order chi connectivity index (χ0) is 24.0. The Bertz CT molecular complexity index is 1190. The third-order valence-electron chi connectivity index (χ3n) is 4.81. The van der Waals surface area contributed by atoms with Gasteiger partial charge in [-0.3, -0.25) is 15.0 Å². The summed E-state index contributed by atoms with van der Waals surface area (Å²) in [6, 6.07) is 8.62. The summed E-state index contributed by atoms with van der Waals surface area (Å²) in [5, 5.41) is 20.1. The Hall–Kier alpha value is -3.36. The molecule has 0 atom stereocenters. The Morgan fingerprint density at radius 2 is 1.84 bits per heavy atom. The topological polar surface area (TPSA) is 96.7 Å². The molecule has 0 saturated carbocycles. The molecule has 1 aliphatic heterocycles. The van der Waals surface area contributed by atoms with Crippen molar-refractivity contribution in [1.82, 2.24) is 0 Å². The SMILES string of the molecule is CC1(C)C(=O)N(c2ccc(C#N)c(C(F)(F)F)c2)C(=S)N1c1ccc(Cl)c(NC(=O)O)c1. The number of carbonyl (C=O) groups excluding carboxylic acids is 1. The Balaban J connectivity index is 2.11. The average molecular weight is 483 g/mol. The second-order valence-corrected chi connectivity index (χ2v) is 8.02. The molecule has 7 nitrogen and oxygen atoms in total. The van der Waals surface area contributed by atoms with Crippen LogP contribution in [0.15, 0.2) is 36.4 Å². The molecule has 0 radical (unpaired) electrons. The zero-order valence-corrected chi connectivity index (χ0v) is 18.1. The van der Waals surface area contributed by atoms with Crippen molar-refractivity contribution in [1.29, 1.82) is 5.26 Å². The largest absolute Gasteiger partial charge is 0.465 e. The number of nitrogens with zero attached hydrogens (tertiary/aromatic N) is 3. The molecule has 2 N–H and O–H groups in total. The predicted molar refractivity (Wildman–Crippen MR) is 116 cm³/mol. The molecular formula is C20H14ClF3N4O3S. The lowest BCUT2D eigenvalue weighted by Crippen LogP contribution is -2.44. The summed E-state index contributed by atoms with van der Waals surface area (Å²) < 4.78 is 40.2. The van der Waals surface area contributed by atoms with Gasteiger partial charge in [0.1, 0.15) is 5.54 Å². The number of rotatable bonds is 3. The fraction of sp³-hybridized carbons (Fsp3) is 0.200. The van der Waals surface area contributed by atoms with Crippen LogP contribution in [0.25, 0.3) is 0 Å². The van der Waals surface area contributed by atoms with E-state index in [1.807, 2.05) is 0 Å². The van der Waals surface area contributed by atoms with Gasteiger partial charge in [-0.25, -0.2) is 4.79 Å². The van der Waals surface area contributed by atoms with Crippen molar-refractivity contribution in [2.75, 3.05) is 15.1 Å². The third-order valence-corrected chi connectivity index (χ3v) is 5.50. The van der Waals surface area contributed by atoms with Crippen molar-refractivity contribution >= 4 is 58.0 Å². The first-order valence-corrected chi connectivity index (χ1v) is 9.67. The molecule has 0 unspecified atom stereocenters. The molecule has 1 aliphatic rings. The molecule has 0 bridgehead atoms. The van der Waals surface area contributed by atoms with Gasteiger partial charge < -0.3 is 10.0 Å². The number of anilines is 3. The van der Waals surface area contributed by atoms with Crippen molar-refractivity contribution in [2.24, 2.45) is 0 Å². The maximum absolute atomic E-state index is 13.4. The summed E-state index contributed by atoms with van der Waals surface area (Å²) in [5.74, 6) is -0.608.